The van der Waals surface area contributed by atoms with Gasteiger partial charge in [-0.05, 0) is 38.8 Å². The van der Waals surface area contributed by atoms with Gasteiger partial charge in [-0.25, -0.2) is 4.39 Å². The Morgan fingerprint density at radius 1 is 1.55 bits per heavy atom. The van der Waals surface area contributed by atoms with E-state index in [-0.39, 0.29) is 23.9 Å². The quantitative estimate of drug-likeness (QED) is 0.681. The molecule has 1 aromatic rings. The number of benzene rings is 1. The van der Waals surface area contributed by atoms with Crippen molar-refractivity contribution in [1.82, 2.24) is 5.32 Å². The number of hydrogen-bond acceptors (Lipinski definition) is 4. The summed E-state index contributed by atoms with van der Waals surface area (Å²) in [6.07, 6.45) is 1.68. The first-order chi connectivity index (χ1) is 9.37. The Balaban J connectivity index is 2.03. The largest absolute Gasteiger partial charge is 0.375 e. The first-order valence-electron chi connectivity index (χ1n) is 6.67. The molecule has 110 valence electrons. The third-order valence-electron chi connectivity index (χ3n) is 3.52. The molecule has 1 aromatic carbocycles. The normalized spacial score (nSPS) is 21.6. The first kappa shape index (κ1) is 14.9. The summed E-state index contributed by atoms with van der Waals surface area (Å²) in [5.41, 5.74) is 0.133. The third kappa shape index (κ3) is 3.74. The summed E-state index contributed by atoms with van der Waals surface area (Å²) in [5.74, 6) is -0.459. The van der Waals surface area contributed by atoms with Crippen LogP contribution in [0.3, 0.4) is 0 Å². The van der Waals surface area contributed by atoms with Crippen molar-refractivity contribution in [3.8, 4) is 0 Å². The molecule has 0 bridgehead atoms. The summed E-state index contributed by atoms with van der Waals surface area (Å²) in [7, 11) is 0. The van der Waals surface area contributed by atoms with Gasteiger partial charge in [0.15, 0.2) is 0 Å². The van der Waals surface area contributed by atoms with Gasteiger partial charge in [0.25, 0.3) is 5.69 Å². The molecule has 1 atom stereocenters. The molecule has 1 heterocycles. The first-order valence-corrected chi connectivity index (χ1v) is 6.67. The highest BCUT2D eigenvalue weighted by molar-refractivity contribution is 5.40. The minimum Gasteiger partial charge on any atom is -0.375 e. The fraction of sp³-hybridized carbons (Fsp3) is 0.571. The van der Waals surface area contributed by atoms with E-state index < -0.39 is 10.7 Å². The van der Waals surface area contributed by atoms with Crippen molar-refractivity contribution in [2.45, 2.75) is 44.9 Å². The molecule has 0 saturated carbocycles. The number of nitro benzene ring substituents is 1. The zero-order chi connectivity index (χ0) is 14.8. The lowest BCUT2D eigenvalue weighted by molar-refractivity contribution is -0.385. The lowest BCUT2D eigenvalue weighted by atomic mass is 9.94. The predicted octanol–water partition coefficient (Wildman–Crippen LogP) is 2.78. The van der Waals surface area contributed by atoms with Crippen molar-refractivity contribution in [3.63, 3.8) is 0 Å². The highest BCUT2D eigenvalue weighted by atomic mass is 19.1. The molecule has 0 radical (unpaired) electrons. The van der Waals surface area contributed by atoms with E-state index in [1.54, 1.807) is 0 Å². The summed E-state index contributed by atoms with van der Waals surface area (Å²) in [4.78, 5) is 10.4. The average Bonchev–Trinajstić information content (AvgIpc) is 2.35. The SMILES string of the molecule is CC1(C)CC(NCc2cc(F)ccc2[N+](=O)[O-])CCO1. The summed E-state index contributed by atoms with van der Waals surface area (Å²) < 4.78 is 18.8. The van der Waals surface area contributed by atoms with Gasteiger partial charge in [-0.15, -0.1) is 0 Å². The van der Waals surface area contributed by atoms with Crippen molar-refractivity contribution in [2.75, 3.05) is 6.61 Å². The molecule has 0 amide bonds. The lowest BCUT2D eigenvalue weighted by Gasteiger charge is -2.36. The van der Waals surface area contributed by atoms with E-state index in [1.807, 2.05) is 13.8 Å². The van der Waals surface area contributed by atoms with E-state index in [4.69, 9.17) is 4.74 Å². The van der Waals surface area contributed by atoms with Crippen LogP contribution in [0.4, 0.5) is 10.1 Å². The Hall–Kier alpha value is -1.53. The van der Waals surface area contributed by atoms with Crippen LogP contribution >= 0.6 is 0 Å². The van der Waals surface area contributed by atoms with Crippen molar-refractivity contribution >= 4 is 5.69 Å². The van der Waals surface area contributed by atoms with Gasteiger partial charge in [-0.2, -0.15) is 0 Å². The molecule has 2 rings (SSSR count). The van der Waals surface area contributed by atoms with Gasteiger partial charge in [0.05, 0.1) is 10.5 Å². The van der Waals surface area contributed by atoms with E-state index in [2.05, 4.69) is 5.32 Å². The molecular formula is C14H19FN2O3. The fourth-order valence-electron chi connectivity index (χ4n) is 2.53. The van der Waals surface area contributed by atoms with Gasteiger partial charge in [-0.1, -0.05) is 0 Å². The number of hydrogen-bond donors (Lipinski definition) is 1. The van der Waals surface area contributed by atoms with Crippen LogP contribution < -0.4 is 5.32 Å². The minimum atomic E-state index is -0.482. The monoisotopic (exact) mass is 282 g/mol. The van der Waals surface area contributed by atoms with Gasteiger partial charge >= 0.3 is 0 Å². The second kappa shape index (κ2) is 5.85. The molecule has 1 aliphatic heterocycles. The van der Waals surface area contributed by atoms with Gasteiger partial charge < -0.3 is 10.1 Å². The number of halogens is 1. The van der Waals surface area contributed by atoms with Crippen LogP contribution in [0, 0.1) is 15.9 Å². The Labute approximate surface area is 117 Å². The molecule has 1 saturated heterocycles. The zero-order valence-electron chi connectivity index (χ0n) is 11.7. The zero-order valence-corrected chi connectivity index (χ0v) is 11.7. The van der Waals surface area contributed by atoms with Gasteiger partial charge in [0.1, 0.15) is 5.82 Å². The minimum absolute atomic E-state index is 0.0507. The Morgan fingerprint density at radius 2 is 2.30 bits per heavy atom. The summed E-state index contributed by atoms with van der Waals surface area (Å²) >= 11 is 0. The smallest absolute Gasteiger partial charge is 0.274 e. The number of nitrogens with one attached hydrogen (secondary N) is 1. The van der Waals surface area contributed by atoms with Crippen LogP contribution in [0.15, 0.2) is 18.2 Å². The molecule has 0 aromatic heterocycles. The van der Waals surface area contributed by atoms with Crippen LogP contribution in [-0.2, 0) is 11.3 Å². The van der Waals surface area contributed by atoms with E-state index in [0.717, 1.165) is 18.9 Å². The maximum absolute atomic E-state index is 13.2. The van der Waals surface area contributed by atoms with Crippen molar-refractivity contribution in [2.24, 2.45) is 0 Å². The van der Waals surface area contributed by atoms with E-state index >= 15 is 0 Å². The molecule has 1 aliphatic rings. The van der Waals surface area contributed by atoms with E-state index in [1.165, 1.54) is 12.1 Å². The molecule has 6 heteroatoms. The van der Waals surface area contributed by atoms with Crippen molar-refractivity contribution in [3.05, 3.63) is 39.7 Å². The molecule has 0 aliphatic carbocycles. The third-order valence-corrected chi connectivity index (χ3v) is 3.52. The Morgan fingerprint density at radius 3 is 2.95 bits per heavy atom. The summed E-state index contributed by atoms with van der Waals surface area (Å²) in [6.45, 7) is 4.99. The van der Waals surface area contributed by atoms with Crippen LogP contribution in [-0.4, -0.2) is 23.2 Å². The van der Waals surface area contributed by atoms with Crippen molar-refractivity contribution in [1.29, 1.82) is 0 Å². The maximum Gasteiger partial charge on any atom is 0.274 e. The summed E-state index contributed by atoms with van der Waals surface area (Å²) in [5, 5.41) is 14.2. The number of nitrogens with zero attached hydrogens (tertiary/aromatic N) is 1. The molecule has 1 unspecified atom stereocenters. The molecular weight excluding hydrogens is 263 g/mol. The number of nitro groups is 1. The topological polar surface area (TPSA) is 64.4 Å². The standard InChI is InChI=1S/C14H19FN2O3/c1-14(2)8-12(5-6-20-14)16-9-10-7-11(15)3-4-13(10)17(18)19/h3-4,7,12,16H,5-6,8-9H2,1-2H3. The highest BCUT2D eigenvalue weighted by Crippen LogP contribution is 2.25. The number of rotatable bonds is 4. The maximum atomic E-state index is 13.2. The van der Waals surface area contributed by atoms with Crippen molar-refractivity contribution < 1.29 is 14.1 Å². The predicted molar refractivity (Wildman–Crippen MR) is 72.9 cm³/mol. The van der Waals surface area contributed by atoms with Crippen LogP contribution in [0.2, 0.25) is 0 Å². The second-order valence-electron chi connectivity index (χ2n) is 5.71. The Bertz CT molecular complexity index is 505. The molecule has 1 N–H and O–H groups in total. The van der Waals surface area contributed by atoms with Gasteiger partial charge in [0.2, 0.25) is 0 Å². The average molecular weight is 282 g/mol. The van der Waals surface area contributed by atoms with Crippen LogP contribution in [0.5, 0.6) is 0 Å². The van der Waals surface area contributed by atoms with Gasteiger partial charge in [-0.3, -0.25) is 10.1 Å². The van der Waals surface area contributed by atoms with E-state index in [0.29, 0.717) is 12.2 Å². The molecule has 20 heavy (non-hydrogen) atoms. The summed E-state index contributed by atoms with van der Waals surface area (Å²) in [6, 6.07) is 3.76. The van der Waals surface area contributed by atoms with Crippen LogP contribution in [0.25, 0.3) is 0 Å². The highest BCUT2D eigenvalue weighted by Gasteiger charge is 2.28. The number of ether oxygens (including phenoxy) is 1. The van der Waals surface area contributed by atoms with Crippen LogP contribution in [0.1, 0.15) is 32.3 Å². The molecule has 1 fully saturated rings. The second-order valence-corrected chi connectivity index (χ2v) is 5.71. The Kier molecular flexibility index (Phi) is 4.35. The molecule has 0 spiro atoms. The van der Waals surface area contributed by atoms with Gasteiger partial charge in [0, 0.05) is 30.8 Å². The molecule has 5 nitrogen and oxygen atoms in total. The lowest BCUT2D eigenvalue weighted by Crippen LogP contribution is -2.43. The fourth-order valence-corrected chi connectivity index (χ4v) is 2.53. The van der Waals surface area contributed by atoms with E-state index in [9.17, 15) is 14.5 Å².